The van der Waals surface area contributed by atoms with Crippen molar-refractivity contribution in [1.82, 2.24) is 10.3 Å². The zero-order chi connectivity index (χ0) is 13.1. The number of fused-ring (bicyclic) bond motifs is 1. The zero-order valence-corrected chi connectivity index (χ0v) is 11.9. The fraction of sp³-hybridized carbons (Fsp3) is 0.615. The van der Waals surface area contributed by atoms with Crippen LogP contribution in [0, 0.1) is 0 Å². The maximum atomic E-state index is 6.55. The molecule has 5 heteroatoms. The summed E-state index contributed by atoms with van der Waals surface area (Å²) in [6.07, 6.45) is 0.891. The summed E-state index contributed by atoms with van der Waals surface area (Å²) in [5.41, 5.74) is 3.02. The van der Waals surface area contributed by atoms with Crippen LogP contribution in [0.1, 0.15) is 31.0 Å². The van der Waals surface area contributed by atoms with Crippen LogP contribution in [0.15, 0.2) is 0 Å². The lowest BCUT2D eigenvalue weighted by Gasteiger charge is -2.19. The fourth-order valence-corrected chi connectivity index (χ4v) is 2.83. The van der Waals surface area contributed by atoms with Crippen LogP contribution >= 0.6 is 11.6 Å². The van der Waals surface area contributed by atoms with Gasteiger partial charge in [0.05, 0.1) is 17.8 Å². The van der Waals surface area contributed by atoms with Gasteiger partial charge in [0.1, 0.15) is 5.69 Å². The van der Waals surface area contributed by atoms with Crippen molar-refractivity contribution in [3.63, 3.8) is 0 Å². The van der Waals surface area contributed by atoms with Gasteiger partial charge in [-0.2, -0.15) is 0 Å². The highest BCUT2D eigenvalue weighted by atomic mass is 35.5. The number of pyridine rings is 1. The lowest BCUT2D eigenvalue weighted by molar-refractivity contribution is 0.398. The van der Waals surface area contributed by atoms with Gasteiger partial charge in [0.2, 0.25) is 5.88 Å². The third-order valence-corrected chi connectivity index (χ3v) is 3.64. The Morgan fingerprint density at radius 3 is 3.00 bits per heavy atom. The Kier molecular flexibility index (Phi) is 4.30. The molecule has 0 saturated heterocycles. The van der Waals surface area contributed by atoms with Crippen LogP contribution in [0.3, 0.4) is 0 Å². The Labute approximate surface area is 113 Å². The smallest absolute Gasteiger partial charge is 0.238 e. The third kappa shape index (κ3) is 2.40. The molecule has 100 valence electrons. The van der Waals surface area contributed by atoms with Crippen molar-refractivity contribution in [2.75, 3.05) is 32.1 Å². The minimum absolute atomic E-state index is 0.366. The van der Waals surface area contributed by atoms with Crippen molar-refractivity contribution < 1.29 is 4.74 Å². The number of nitrogens with one attached hydrogen (secondary N) is 2. The predicted molar refractivity (Wildman–Crippen MR) is 75.0 cm³/mol. The molecule has 0 radical (unpaired) electrons. The van der Waals surface area contributed by atoms with Crippen molar-refractivity contribution in [2.24, 2.45) is 0 Å². The predicted octanol–water partition coefficient (Wildman–Crippen LogP) is 2.42. The van der Waals surface area contributed by atoms with E-state index in [2.05, 4.69) is 22.5 Å². The number of methoxy groups -OCH3 is 1. The van der Waals surface area contributed by atoms with Crippen LogP contribution in [-0.4, -0.2) is 31.7 Å². The van der Waals surface area contributed by atoms with E-state index >= 15 is 0 Å². The molecule has 0 aromatic carbocycles. The first kappa shape index (κ1) is 13.4. The van der Waals surface area contributed by atoms with Gasteiger partial charge in [-0.05, 0) is 18.4 Å². The molecular formula is C13H20ClN3O. The summed E-state index contributed by atoms with van der Waals surface area (Å²) in [5, 5.41) is 7.41. The molecule has 4 nitrogen and oxygen atoms in total. The topological polar surface area (TPSA) is 46.2 Å². The van der Waals surface area contributed by atoms with Gasteiger partial charge in [-0.1, -0.05) is 18.5 Å². The Morgan fingerprint density at radius 2 is 2.33 bits per heavy atom. The van der Waals surface area contributed by atoms with Crippen molar-refractivity contribution in [3.05, 3.63) is 16.3 Å². The van der Waals surface area contributed by atoms with Crippen LogP contribution < -0.4 is 15.4 Å². The molecule has 1 aromatic heterocycles. The number of ether oxygens (including phenoxy) is 1. The van der Waals surface area contributed by atoms with Gasteiger partial charge in [0.15, 0.2) is 0 Å². The van der Waals surface area contributed by atoms with Gasteiger partial charge in [-0.25, -0.2) is 4.98 Å². The molecule has 0 aliphatic carbocycles. The van der Waals surface area contributed by atoms with E-state index in [1.807, 2.05) is 6.92 Å². The Bertz CT molecular complexity index is 437. The van der Waals surface area contributed by atoms with E-state index in [1.165, 1.54) is 0 Å². The lowest BCUT2D eigenvalue weighted by Crippen LogP contribution is -2.18. The summed E-state index contributed by atoms with van der Waals surface area (Å²) >= 11 is 6.55. The normalized spacial score (nSPS) is 19.0. The molecule has 0 spiro atoms. The molecule has 1 aliphatic rings. The molecule has 2 rings (SSSR count). The van der Waals surface area contributed by atoms with Crippen LogP contribution in [0.4, 0.5) is 5.69 Å². The van der Waals surface area contributed by atoms with Gasteiger partial charge in [-0.15, -0.1) is 0 Å². The average Bonchev–Trinajstić information content (AvgIpc) is 2.54. The average molecular weight is 270 g/mol. The fourth-order valence-electron chi connectivity index (χ4n) is 2.39. The first-order chi connectivity index (χ1) is 8.69. The second kappa shape index (κ2) is 5.76. The molecule has 0 saturated carbocycles. The van der Waals surface area contributed by atoms with E-state index in [9.17, 15) is 0 Å². The summed E-state index contributed by atoms with van der Waals surface area (Å²) in [5.74, 6) is 0.959. The highest BCUT2D eigenvalue weighted by molar-refractivity contribution is 6.34. The first-order valence-corrected chi connectivity index (χ1v) is 6.77. The SMILES string of the molecule is CCNc1c(OC)nc2c(c1Cl)C(C)CNCC2. The molecule has 0 amide bonds. The molecule has 1 unspecified atom stereocenters. The van der Waals surface area contributed by atoms with E-state index in [0.29, 0.717) is 11.8 Å². The minimum atomic E-state index is 0.366. The number of hydrogen-bond acceptors (Lipinski definition) is 4. The third-order valence-electron chi connectivity index (χ3n) is 3.25. The molecule has 1 aromatic rings. The number of aromatic nitrogens is 1. The second-order valence-electron chi connectivity index (χ2n) is 4.56. The van der Waals surface area contributed by atoms with Gasteiger partial charge in [0, 0.05) is 26.1 Å². The van der Waals surface area contributed by atoms with E-state index in [4.69, 9.17) is 16.3 Å². The Balaban J connectivity index is 2.56. The van der Waals surface area contributed by atoms with Gasteiger partial charge in [-0.3, -0.25) is 0 Å². The van der Waals surface area contributed by atoms with Crippen molar-refractivity contribution in [3.8, 4) is 5.88 Å². The molecule has 2 heterocycles. The highest BCUT2D eigenvalue weighted by Gasteiger charge is 2.24. The largest absolute Gasteiger partial charge is 0.479 e. The molecule has 18 heavy (non-hydrogen) atoms. The van der Waals surface area contributed by atoms with E-state index in [1.54, 1.807) is 7.11 Å². The number of hydrogen-bond donors (Lipinski definition) is 2. The molecule has 0 bridgehead atoms. The summed E-state index contributed by atoms with van der Waals surface area (Å²) in [6, 6.07) is 0. The van der Waals surface area contributed by atoms with Crippen molar-refractivity contribution >= 4 is 17.3 Å². The van der Waals surface area contributed by atoms with Crippen LogP contribution in [-0.2, 0) is 6.42 Å². The molecule has 1 aliphatic heterocycles. The Hall–Kier alpha value is -1.00. The van der Waals surface area contributed by atoms with Crippen molar-refractivity contribution in [1.29, 1.82) is 0 Å². The number of nitrogens with zero attached hydrogens (tertiary/aromatic N) is 1. The quantitative estimate of drug-likeness (QED) is 0.885. The number of anilines is 1. The van der Waals surface area contributed by atoms with Gasteiger partial charge >= 0.3 is 0 Å². The zero-order valence-electron chi connectivity index (χ0n) is 11.1. The summed E-state index contributed by atoms with van der Waals surface area (Å²) in [4.78, 5) is 4.61. The first-order valence-electron chi connectivity index (χ1n) is 6.39. The number of halogens is 1. The van der Waals surface area contributed by atoms with Gasteiger partial charge in [0.25, 0.3) is 0 Å². The van der Waals surface area contributed by atoms with Gasteiger partial charge < -0.3 is 15.4 Å². The lowest BCUT2D eigenvalue weighted by atomic mass is 9.98. The van der Waals surface area contributed by atoms with Crippen LogP contribution in [0.2, 0.25) is 5.02 Å². The molecular weight excluding hydrogens is 250 g/mol. The maximum absolute atomic E-state index is 6.55. The van der Waals surface area contributed by atoms with E-state index < -0.39 is 0 Å². The minimum Gasteiger partial charge on any atom is -0.479 e. The second-order valence-corrected chi connectivity index (χ2v) is 4.93. The number of rotatable bonds is 3. The highest BCUT2D eigenvalue weighted by Crippen LogP contribution is 2.39. The van der Waals surface area contributed by atoms with Crippen LogP contribution in [0.5, 0.6) is 5.88 Å². The standard InChI is InChI=1S/C13H20ClN3O/c1-4-16-12-11(14)10-8(2)7-15-6-5-9(10)17-13(12)18-3/h8,15-16H,4-7H2,1-3H3. The van der Waals surface area contributed by atoms with E-state index in [-0.39, 0.29) is 0 Å². The maximum Gasteiger partial charge on any atom is 0.238 e. The summed E-state index contributed by atoms with van der Waals surface area (Å²) < 4.78 is 5.34. The van der Waals surface area contributed by atoms with Crippen molar-refractivity contribution in [2.45, 2.75) is 26.2 Å². The molecule has 2 N–H and O–H groups in total. The van der Waals surface area contributed by atoms with E-state index in [0.717, 1.165) is 48.0 Å². The molecule has 0 fully saturated rings. The summed E-state index contributed by atoms with van der Waals surface area (Å²) in [6.45, 7) is 6.87. The van der Waals surface area contributed by atoms with Crippen LogP contribution in [0.25, 0.3) is 0 Å². The monoisotopic (exact) mass is 269 g/mol. The molecule has 1 atom stereocenters. The summed E-state index contributed by atoms with van der Waals surface area (Å²) in [7, 11) is 1.63. The Morgan fingerprint density at radius 1 is 1.56 bits per heavy atom.